The van der Waals surface area contributed by atoms with Crippen molar-refractivity contribution in [3.05, 3.63) is 107 Å². The average molecular weight is 1980 g/mol. The van der Waals surface area contributed by atoms with Crippen LogP contribution in [0.3, 0.4) is 0 Å². The third-order valence-corrected chi connectivity index (χ3v) is 31.6. The van der Waals surface area contributed by atoms with Crippen LogP contribution < -0.4 is 0 Å². The van der Waals surface area contributed by atoms with Crippen molar-refractivity contribution in [3.63, 3.8) is 0 Å². The average Bonchev–Trinajstić information content (AvgIpc) is 0.774. The monoisotopic (exact) mass is 1980 g/mol. The summed E-state index contributed by atoms with van der Waals surface area (Å²) in [5.74, 6) is -15.0. The molecule has 794 valence electrons. The first kappa shape index (κ1) is 118. The molecule has 0 spiro atoms. The Hall–Kier alpha value is -6.79. The minimum Gasteiger partial charge on any atom is -0.460 e. The van der Waals surface area contributed by atoms with Gasteiger partial charge >= 0.3 is 11.9 Å². The molecule has 2 aliphatic carbocycles. The maximum Gasteiger partial charge on any atom is 0.329 e. The van der Waals surface area contributed by atoms with E-state index in [2.05, 4.69) is 26.5 Å². The molecule has 6 saturated heterocycles. The van der Waals surface area contributed by atoms with E-state index < -0.39 is 156 Å². The standard InChI is InChI=1S/C56H87NO15.C55H85NO13/c1-34-15-11-10-12-16-35(2)47(70-33-43-22-25-68-43)31-42-20-18-40(7)56(65,72-42)53(62)54(63)57-23-14-13-17-44(57)55(64)71-48(37(4)29-41-19-21-46(69-26-24-58)49(30-41)66-8)32-45(59)36(3)28-39(6)51(61)52(67-9)50(60)38(5)27-34;1-33-16-12-11-13-17-34(2)47(67-32-43-23-25-66-43)30-42-21-19-39(7)55(63,69-42)52(60)53(61)56-24-15-14-18-44(56)54(62)68-48(37(5)28-41-20-22-45(57)49(29-41)64-9)31-46(58)36(4)27-38(6)50(59)51(65-10)40(8)35(3)26-33/h10-12,15-16,28,34,36-38,40-44,46-49,51-52,58,61,65H,13-14,17-27,29-33H2,1-9H3;11-13,16-17,27,33,35-37,39,41-45,47-51,57,59,63H,8,14-15,18-26,28-32H2,1-7,9-10H3/b12-10+,15-11+,35-16+,39-28+;13-11+,16-12+,34-17+,38-27+. The van der Waals surface area contributed by atoms with Crippen molar-refractivity contribution in [1.29, 1.82) is 0 Å². The van der Waals surface area contributed by atoms with E-state index in [-0.39, 0.29) is 141 Å². The summed E-state index contributed by atoms with van der Waals surface area (Å²) in [5, 5.41) is 67.3. The highest BCUT2D eigenvalue weighted by atomic mass is 16.7. The highest BCUT2D eigenvalue weighted by molar-refractivity contribution is 6.39. The lowest BCUT2D eigenvalue weighted by atomic mass is 9.78. The minimum absolute atomic E-state index is 0.00361. The SMILES string of the molecule is C=C1C(C)CC(C)/C=C/C=C/C=C(\C)C(OCC2CCO2)CC2CCC(C)C(O)(O2)C(=O)C(=O)N2CCCCC2C(=O)OC(C(C)CC2CCC(O)C(OC)C2)CC(=O)C(C)/C=C(\C)C(O)C1OC.COC1CC(CC(C)C2CC(=O)C(C)/C=C(\C)C(O)C(OC)C(=O)C(C)CC(C)/C=C/C=C/C=C(\C)C(OCC3CCO3)CC3CCC(C)C(O)(O3)C(=O)C(=O)N3CCCCC3C(=O)O2)CCC1OCCO. The van der Waals surface area contributed by atoms with Gasteiger partial charge in [-0.1, -0.05) is 149 Å². The van der Waals surface area contributed by atoms with E-state index in [0.29, 0.717) is 147 Å². The van der Waals surface area contributed by atoms with Crippen LogP contribution in [0.25, 0.3) is 0 Å². The fourth-order valence-electron chi connectivity index (χ4n) is 21.8. The maximum absolute atomic E-state index is 14.6. The lowest BCUT2D eigenvalue weighted by molar-refractivity contribution is -0.266. The Bertz CT molecular complexity index is 4330. The van der Waals surface area contributed by atoms with E-state index in [1.54, 1.807) is 75.0 Å². The molecule has 4 bridgehead atoms. The molecule has 10 rings (SSSR count). The summed E-state index contributed by atoms with van der Waals surface area (Å²) in [5.41, 5.74) is 3.47. The molecule has 32 unspecified atom stereocenters. The second-order valence-electron chi connectivity index (χ2n) is 42.7. The van der Waals surface area contributed by atoms with Gasteiger partial charge in [-0.2, -0.15) is 0 Å². The van der Waals surface area contributed by atoms with Crippen LogP contribution in [0.5, 0.6) is 0 Å². The van der Waals surface area contributed by atoms with E-state index in [4.69, 9.17) is 61.6 Å². The molecular formula is C111H172N2O28. The number of rotatable bonds is 19. The van der Waals surface area contributed by atoms with E-state index in [1.807, 2.05) is 96.2 Å². The summed E-state index contributed by atoms with van der Waals surface area (Å²) in [6, 6.07) is -2.28. The molecule has 2 saturated carbocycles. The predicted octanol–water partition coefficient (Wildman–Crippen LogP) is 13.7. The van der Waals surface area contributed by atoms with Gasteiger partial charge in [-0.25, -0.2) is 9.59 Å². The Morgan fingerprint density at radius 1 is 0.468 bits per heavy atom. The minimum atomic E-state index is -2.46. The first-order valence-electron chi connectivity index (χ1n) is 52.5. The number of piperidine rings is 2. The number of ketones is 5. The van der Waals surface area contributed by atoms with Crippen LogP contribution >= 0.6 is 0 Å². The molecule has 141 heavy (non-hydrogen) atoms. The van der Waals surface area contributed by atoms with Crippen molar-refractivity contribution in [2.45, 2.75) is 385 Å². The Morgan fingerprint density at radius 3 is 1.31 bits per heavy atom. The number of hydrogen-bond acceptors (Lipinski definition) is 28. The number of Topliss-reactive ketones (excluding diaryl/α,β-unsaturated/α-hetero) is 5. The van der Waals surface area contributed by atoms with E-state index in [1.165, 1.54) is 16.9 Å². The number of nitrogens with zero attached hydrogens (tertiary/aromatic N) is 2. The summed E-state index contributed by atoms with van der Waals surface area (Å²) in [6.45, 7) is 32.8. The first-order valence-corrected chi connectivity index (χ1v) is 52.5. The van der Waals surface area contributed by atoms with Crippen LogP contribution in [0.15, 0.2) is 107 Å². The van der Waals surface area contributed by atoms with Gasteiger partial charge in [-0.15, -0.1) is 0 Å². The Balaban J connectivity index is 0.000000315. The van der Waals surface area contributed by atoms with Gasteiger partial charge in [0.25, 0.3) is 23.4 Å². The predicted molar refractivity (Wildman–Crippen MR) is 532 cm³/mol. The highest BCUT2D eigenvalue weighted by Crippen LogP contribution is 2.43. The number of methoxy groups -OCH3 is 4. The van der Waals surface area contributed by atoms with Gasteiger partial charge in [0.05, 0.1) is 87.5 Å². The zero-order chi connectivity index (χ0) is 103. The second kappa shape index (κ2) is 56.9. The summed E-state index contributed by atoms with van der Waals surface area (Å²) in [7, 11) is 6.13. The van der Waals surface area contributed by atoms with Crippen molar-refractivity contribution in [3.8, 4) is 0 Å². The Morgan fingerprint density at radius 2 is 0.894 bits per heavy atom. The number of aliphatic hydroxyl groups is 6. The topological polar surface area (TPSA) is 401 Å². The molecular weight excluding hydrogens is 1810 g/mol. The number of carbonyl (C=O) groups is 9. The van der Waals surface area contributed by atoms with Gasteiger partial charge in [-0.05, 0) is 238 Å². The largest absolute Gasteiger partial charge is 0.460 e. The molecule has 6 N–H and O–H groups in total. The Labute approximate surface area is 838 Å². The van der Waals surface area contributed by atoms with Crippen LogP contribution in [-0.2, 0) is 105 Å². The number of carbonyl (C=O) groups excluding carboxylic acids is 9. The van der Waals surface area contributed by atoms with E-state index >= 15 is 0 Å². The number of cyclic esters (lactones) is 2. The van der Waals surface area contributed by atoms with Crippen molar-refractivity contribution in [2.75, 3.05) is 81.2 Å². The Kier molecular flexibility index (Phi) is 47.6. The maximum atomic E-state index is 14.6. The zero-order valence-electron chi connectivity index (χ0n) is 87.6. The first-order chi connectivity index (χ1) is 67.1. The van der Waals surface area contributed by atoms with Gasteiger partial charge in [0.15, 0.2) is 5.78 Å². The second-order valence-corrected chi connectivity index (χ2v) is 42.7. The molecule has 8 heterocycles. The smallest absolute Gasteiger partial charge is 0.329 e. The fraction of sp³-hybridized carbons (Fsp3) is 0.757. The number of allylic oxidation sites excluding steroid dienone is 12. The number of hydrogen-bond donors (Lipinski definition) is 6. The van der Waals surface area contributed by atoms with E-state index in [0.717, 1.165) is 48.8 Å². The van der Waals surface area contributed by atoms with Crippen LogP contribution in [0.1, 0.15) is 264 Å². The van der Waals surface area contributed by atoms with Crippen molar-refractivity contribution in [1.82, 2.24) is 9.80 Å². The molecule has 30 nitrogen and oxygen atoms in total. The van der Waals surface area contributed by atoms with Gasteiger partial charge < -0.3 is 102 Å². The molecule has 0 aromatic heterocycles. The summed E-state index contributed by atoms with van der Waals surface area (Å²) in [4.78, 5) is 131. The molecule has 0 aromatic carbocycles. The molecule has 0 radical (unpaired) electrons. The molecule has 30 heteroatoms. The summed E-state index contributed by atoms with van der Waals surface area (Å²) >= 11 is 0. The highest BCUT2D eigenvalue weighted by Gasteiger charge is 2.56. The molecule has 8 fully saturated rings. The number of ether oxygens (including phenoxy) is 13. The summed E-state index contributed by atoms with van der Waals surface area (Å²) < 4.78 is 78.1. The van der Waals surface area contributed by atoms with Gasteiger partial charge in [0.1, 0.15) is 60.3 Å². The number of amides is 2. The van der Waals surface area contributed by atoms with Crippen LogP contribution in [0, 0.1) is 71.0 Å². The van der Waals surface area contributed by atoms with Gasteiger partial charge in [0.2, 0.25) is 11.6 Å². The lowest BCUT2D eigenvalue weighted by Crippen LogP contribution is -2.61. The molecule has 32 atom stereocenters. The van der Waals surface area contributed by atoms with Crippen molar-refractivity contribution < 1.29 is 135 Å². The zero-order valence-corrected chi connectivity index (χ0v) is 87.6. The van der Waals surface area contributed by atoms with Crippen molar-refractivity contribution >= 4 is 52.7 Å². The van der Waals surface area contributed by atoms with Gasteiger partial charge in [0, 0.05) is 110 Å². The van der Waals surface area contributed by atoms with Crippen molar-refractivity contribution in [2.24, 2.45) is 71.0 Å². The third-order valence-electron chi connectivity index (χ3n) is 31.6. The molecule has 2 amide bonds. The van der Waals surface area contributed by atoms with Gasteiger partial charge in [-0.3, -0.25) is 33.6 Å². The van der Waals surface area contributed by atoms with Crippen LogP contribution in [-0.4, -0.2) is 296 Å². The van der Waals surface area contributed by atoms with Crippen LogP contribution in [0.4, 0.5) is 0 Å². The fourth-order valence-corrected chi connectivity index (χ4v) is 21.8. The summed E-state index contributed by atoms with van der Waals surface area (Å²) in [6.07, 6.45) is 26.4. The quantitative estimate of drug-likeness (QED) is 0.0397. The molecule has 0 aromatic rings. The number of fused-ring (bicyclic) bond motifs is 6. The lowest BCUT2D eigenvalue weighted by Gasteiger charge is -2.43. The molecule has 8 aliphatic heterocycles. The molecule has 10 aliphatic rings. The normalized spacial score (nSPS) is 40.2. The number of aliphatic hydroxyl groups excluding tert-OH is 4. The number of esters is 2. The third kappa shape index (κ3) is 33.1. The van der Waals surface area contributed by atoms with Crippen LogP contribution in [0.2, 0.25) is 0 Å². The van der Waals surface area contributed by atoms with E-state index in [9.17, 15) is 73.8 Å².